The zero-order valence-electron chi connectivity index (χ0n) is 12.1. The number of benzene rings is 1. The molecule has 0 aliphatic carbocycles. The Morgan fingerprint density at radius 1 is 1.10 bits per heavy atom. The van der Waals surface area contributed by atoms with Crippen molar-refractivity contribution in [2.75, 3.05) is 19.6 Å². The van der Waals surface area contributed by atoms with E-state index in [1.165, 1.54) is 12.8 Å². The Bertz CT molecular complexity index is 558. The number of halogens is 1. The molecule has 1 aliphatic rings. The molecule has 1 aliphatic heterocycles. The van der Waals surface area contributed by atoms with Gasteiger partial charge in [-0.3, -0.25) is 0 Å². The van der Waals surface area contributed by atoms with Crippen LogP contribution in [0.4, 0.5) is 0 Å². The fourth-order valence-electron chi connectivity index (χ4n) is 2.73. The van der Waals surface area contributed by atoms with Gasteiger partial charge in [0.1, 0.15) is 11.5 Å². The molecule has 3 rings (SSSR count). The highest BCUT2D eigenvalue weighted by molar-refractivity contribution is 6.30. The van der Waals surface area contributed by atoms with Gasteiger partial charge in [0.15, 0.2) is 0 Å². The van der Waals surface area contributed by atoms with Crippen molar-refractivity contribution < 1.29 is 4.42 Å². The summed E-state index contributed by atoms with van der Waals surface area (Å²) in [6.45, 7) is 4.15. The van der Waals surface area contributed by atoms with Crippen LogP contribution in [-0.4, -0.2) is 19.6 Å². The van der Waals surface area contributed by atoms with Gasteiger partial charge in [-0.25, -0.2) is 0 Å². The molecule has 1 saturated heterocycles. The summed E-state index contributed by atoms with van der Waals surface area (Å²) in [4.78, 5) is 0. The van der Waals surface area contributed by atoms with Crippen LogP contribution < -0.4 is 10.6 Å². The zero-order valence-corrected chi connectivity index (χ0v) is 12.8. The Balaban J connectivity index is 1.51. The highest BCUT2D eigenvalue weighted by Gasteiger charge is 2.12. The molecular formula is C17H21ClN2O. The second-order valence-electron chi connectivity index (χ2n) is 5.60. The van der Waals surface area contributed by atoms with E-state index in [1.807, 2.05) is 36.4 Å². The number of nitrogens with one attached hydrogen (secondary N) is 2. The van der Waals surface area contributed by atoms with Crippen LogP contribution in [0.5, 0.6) is 0 Å². The van der Waals surface area contributed by atoms with E-state index in [4.69, 9.17) is 16.0 Å². The van der Waals surface area contributed by atoms with Gasteiger partial charge in [0.25, 0.3) is 0 Å². The molecule has 0 saturated carbocycles. The van der Waals surface area contributed by atoms with Gasteiger partial charge in [0.2, 0.25) is 0 Å². The lowest BCUT2D eigenvalue weighted by Crippen LogP contribution is -2.33. The third-order valence-electron chi connectivity index (χ3n) is 3.98. The summed E-state index contributed by atoms with van der Waals surface area (Å²) in [6.07, 6.45) is 2.53. The minimum Gasteiger partial charge on any atom is -0.460 e. The highest BCUT2D eigenvalue weighted by atomic mass is 35.5. The van der Waals surface area contributed by atoms with Crippen LogP contribution in [0.3, 0.4) is 0 Å². The molecule has 0 bridgehead atoms. The molecule has 0 unspecified atom stereocenters. The van der Waals surface area contributed by atoms with Gasteiger partial charge < -0.3 is 15.1 Å². The molecule has 1 fully saturated rings. The average molecular weight is 305 g/mol. The van der Waals surface area contributed by atoms with Gasteiger partial charge >= 0.3 is 0 Å². The van der Waals surface area contributed by atoms with Gasteiger partial charge in [-0.15, -0.1) is 0 Å². The lowest BCUT2D eigenvalue weighted by atomic mass is 9.98. The van der Waals surface area contributed by atoms with Crippen LogP contribution in [0.15, 0.2) is 40.8 Å². The monoisotopic (exact) mass is 304 g/mol. The molecule has 4 heteroatoms. The van der Waals surface area contributed by atoms with E-state index in [0.29, 0.717) is 0 Å². The fraction of sp³-hybridized carbons (Fsp3) is 0.412. The first-order valence-electron chi connectivity index (χ1n) is 7.57. The minimum absolute atomic E-state index is 0.745. The lowest BCUT2D eigenvalue weighted by Gasteiger charge is -2.22. The van der Waals surface area contributed by atoms with Crippen molar-refractivity contribution in [3.05, 3.63) is 47.2 Å². The highest BCUT2D eigenvalue weighted by Crippen LogP contribution is 2.23. The van der Waals surface area contributed by atoms with Crippen LogP contribution in [-0.2, 0) is 6.54 Å². The molecular weight excluding hydrogens is 284 g/mol. The number of hydrogen-bond donors (Lipinski definition) is 2. The van der Waals surface area contributed by atoms with Gasteiger partial charge in [-0.1, -0.05) is 11.6 Å². The predicted molar refractivity (Wildman–Crippen MR) is 86.5 cm³/mol. The van der Waals surface area contributed by atoms with E-state index in [0.717, 1.165) is 54.2 Å². The Labute approximate surface area is 130 Å². The molecule has 3 nitrogen and oxygen atoms in total. The molecule has 21 heavy (non-hydrogen) atoms. The summed E-state index contributed by atoms with van der Waals surface area (Å²) in [6, 6.07) is 11.8. The molecule has 1 aromatic heterocycles. The van der Waals surface area contributed by atoms with Crippen molar-refractivity contribution in [3.63, 3.8) is 0 Å². The summed E-state index contributed by atoms with van der Waals surface area (Å²) >= 11 is 5.90. The maximum atomic E-state index is 5.90. The van der Waals surface area contributed by atoms with Gasteiger partial charge in [0.05, 0.1) is 6.54 Å². The van der Waals surface area contributed by atoms with Crippen LogP contribution in [0, 0.1) is 5.92 Å². The first kappa shape index (κ1) is 14.6. The zero-order chi connectivity index (χ0) is 14.5. The topological polar surface area (TPSA) is 37.2 Å². The normalized spacial score (nSPS) is 16.2. The fourth-order valence-corrected chi connectivity index (χ4v) is 2.85. The largest absolute Gasteiger partial charge is 0.460 e. The summed E-state index contributed by atoms with van der Waals surface area (Å²) in [5, 5.41) is 7.64. The third-order valence-corrected chi connectivity index (χ3v) is 4.23. The molecule has 0 amide bonds. The van der Waals surface area contributed by atoms with E-state index < -0.39 is 0 Å². The lowest BCUT2D eigenvalue weighted by molar-refractivity contribution is 0.350. The number of furan rings is 1. The van der Waals surface area contributed by atoms with Crippen molar-refractivity contribution in [1.82, 2.24) is 10.6 Å². The summed E-state index contributed by atoms with van der Waals surface area (Å²) < 4.78 is 5.88. The van der Waals surface area contributed by atoms with E-state index >= 15 is 0 Å². The Kier molecular flexibility index (Phi) is 4.96. The molecule has 2 N–H and O–H groups in total. The minimum atomic E-state index is 0.745. The molecule has 1 aromatic carbocycles. The van der Waals surface area contributed by atoms with E-state index in [2.05, 4.69) is 10.6 Å². The Morgan fingerprint density at radius 3 is 2.62 bits per heavy atom. The van der Waals surface area contributed by atoms with Crippen molar-refractivity contribution in [2.45, 2.75) is 19.4 Å². The number of rotatable bonds is 5. The smallest absolute Gasteiger partial charge is 0.134 e. The molecule has 2 heterocycles. The van der Waals surface area contributed by atoms with Crippen molar-refractivity contribution in [2.24, 2.45) is 5.92 Å². The molecule has 0 atom stereocenters. The van der Waals surface area contributed by atoms with Gasteiger partial charge in [-0.2, -0.15) is 0 Å². The molecule has 112 valence electrons. The van der Waals surface area contributed by atoms with Gasteiger partial charge in [0, 0.05) is 10.6 Å². The molecule has 2 aromatic rings. The molecule has 0 radical (unpaired) electrons. The van der Waals surface area contributed by atoms with E-state index in [1.54, 1.807) is 0 Å². The van der Waals surface area contributed by atoms with Crippen molar-refractivity contribution >= 4 is 11.6 Å². The maximum absolute atomic E-state index is 5.90. The standard InChI is InChI=1S/C17H21ClN2O/c18-15-3-1-14(2-4-15)17-6-5-16(21-17)12-20-11-13-7-9-19-10-8-13/h1-6,13,19-20H,7-12H2. The Morgan fingerprint density at radius 2 is 1.86 bits per heavy atom. The quantitative estimate of drug-likeness (QED) is 0.884. The van der Waals surface area contributed by atoms with Crippen LogP contribution in [0.2, 0.25) is 5.02 Å². The van der Waals surface area contributed by atoms with Crippen LogP contribution in [0.25, 0.3) is 11.3 Å². The first-order chi connectivity index (χ1) is 10.3. The van der Waals surface area contributed by atoms with E-state index in [-0.39, 0.29) is 0 Å². The summed E-state index contributed by atoms with van der Waals surface area (Å²) in [5.41, 5.74) is 1.06. The second kappa shape index (κ2) is 7.12. The number of hydrogen-bond acceptors (Lipinski definition) is 3. The molecule has 0 spiro atoms. The van der Waals surface area contributed by atoms with Gasteiger partial charge in [-0.05, 0) is 74.8 Å². The first-order valence-corrected chi connectivity index (χ1v) is 7.95. The van der Waals surface area contributed by atoms with Crippen LogP contribution in [0.1, 0.15) is 18.6 Å². The summed E-state index contributed by atoms with van der Waals surface area (Å²) in [5.74, 6) is 2.66. The predicted octanol–water partition coefficient (Wildman–Crippen LogP) is 3.69. The third kappa shape index (κ3) is 4.10. The van der Waals surface area contributed by atoms with Crippen LogP contribution >= 0.6 is 11.6 Å². The SMILES string of the molecule is Clc1ccc(-c2ccc(CNCC3CCNCC3)o2)cc1. The van der Waals surface area contributed by atoms with Crippen molar-refractivity contribution in [3.8, 4) is 11.3 Å². The maximum Gasteiger partial charge on any atom is 0.134 e. The van der Waals surface area contributed by atoms with E-state index in [9.17, 15) is 0 Å². The second-order valence-corrected chi connectivity index (χ2v) is 6.03. The number of piperidine rings is 1. The Hall–Kier alpha value is -1.29. The average Bonchev–Trinajstić information content (AvgIpc) is 2.98. The van der Waals surface area contributed by atoms with Crippen molar-refractivity contribution in [1.29, 1.82) is 0 Å². The summed E-state index contributed by atoms with van der Waals surface area (Å²) in [7, 11) is 0.